The summed E-state index contributed by atoms with van der Waals surface area (Å²) in [6, 6.07) is 3.99. The van der Waals surface area contributed by atoms with Crippen molar-refractivity contribution in [3.63, 3.8) is 0 Å². The Morgan fingerprint density at radius 1 is 1.25 bits per heavy atom. The number of aromatic nitrogens is 1. The third-order valence-corrected chi connectivity index (χ3v) is 5.90. The maximum absolute atomic E-state index is 12.9. The highest BCUT2D eigenvalue weighted by molar-refractivity contribution is 7.15. The molecule has 5 nitrogen and oxygen atoms in total. The molecule has 1 saturated heterocycles. The standard InChI is InChI=1S/C18H22N2O3S/c21-17(19-11-13-12-22-9-10-23-13)16-14-5-1-2-6-15(14)24-18(16)20-7-3-4-8-20/h3-4,7-8,13H,1-2,5-6,9-12H2,(H,19,21). The predicted molar refractivity (Wildman–Crippen MR) is 93.2 cm³/mol. The van der Waals surface area contributed by atoms with Crippen LogP contribution in [0.4, 0.5) is 0 Å². The molecule has 0 saturated carbocycles. The Kier molecular flexibility index (Phi) is 4.69. The molecule has 2 aliphatic rings. The zero-order valence-corrected chi connectivity index (χ0v) is 14.4. The van der Waals surface area contributed by atoms with E-state index in [0.717, 1.165) is 29.8 Å². The number of carbonyl (C=O) groups excluding carboxylic acids is 1. The van der Waals surface area contributed by atoms with E-state index in [1.54, 1.807) is 11.3 Å². The highest BCUT2D eigenvalue weighted by Crippen LogP contribution is 2.36. The van der Waals surface area contributed by atoms with Gasteiger partial charge in [0.2, 0.25) is 0 Å². The Bertz CT molecular complexity index is 702. The molecular weight excluding hydrogens is 324 g/mol. The van der Waals surface area contributed by atoms with Crippen LogP contribution in [0.3, 0.4) is 0 Å². The summed E-state index contributed by atoms with van der Waals surface area (Å²) >= 11 is 1.76. The minimum absolute atomic E-state index is 0.00673. The number of hydrogen-bond donors (Lipinski definition) is 1. The van der Waals surface area contributed by atoms with E-state index in [0.29, 0.717) is 26.4 Å². The van der Waals surface area contributed by atoms with E-state index in [-0.39, 0.29) is 12.0 Å². The molecule has 0 radical (unpaired) electrons. The van der Waals surface area contributed by atoms with Crippen molar-refractivity contribution in [3.05, 3.63) is 40.5 Å². The Balaban J connectivity index is 1.58. The van der Waals surface area contributed by atoms with Crippen molar-refractivity contribution in [1.29, 1.82) is 0 Å². The largest absolute Gasteiger partial charge is 0.376 e. The zero-order chi connectivity index (χ0) is 16.4. The lowest BCUT2D eigenvalue weighted by atomic mass is 9.95. The van der Waals surface area contributed by atoms with Crippen LogP contribution in [0.1, 0.15) is 33.6 Å². The van der Waals surface area contributed by atoms with Gasteiger partial charge in [0.1, 0.15) is 5.00 Å². The number of ether oxygens (including phenoxy) is 2. The van der Waals surface area contributed by atoms with E-state index >= 15 is 0 Å². The number of thiophene rings is 1. The molecule has 4 rings (SSSR count). The van der Waals surface area contributed by atoms with Gasteiger partial charge in [-0.3, -0.25) is 4.79 Å². The number of nitrogens with one attached hydrogen (secondary N) is 1. The normalized spacial score (nSPS) is 20.6. The minimum atomic E-state index is -0.0489. The molecule has 0 aromatic carbocycles. The summed E-state index contributed by atoms with van der Waals surface area (Å²) in [5.74, 6) is 0.00673. The van der Waals surface area contributed by atoms with E-state index in [1.807, 2.05) is 24.5 Å². The number of nitrogens with zero attached hydrogens (tertiary/aromatic N) is 1. The Morgan fingerprint density at radius 2 is 2.08 bits per heavy atom. The lowest BCUT2D eigenvalue weighted by molar-refractivity contribution is -0.0855. The van der Waals surface area contributed by atoms with Crippen LogP contribution in [0, 0.1) is 0 Å². The van der Waals surface area contributed by atoms with Crippen LogP contribution < -0.4 is 5.32 Å². The molecule has 2 aromatic rings. The minimum Gasteiger partial charge on any atom is -0.376 e. The monoisotopic (exact) mass is 346 g/mol. The summed E-state index contributed by atoms with van der Waals surface area (Å²) in [6.07, 6.45) is 8.42. The van der Waals surface area contributed by atoms with Crippen molar-refractivity contribution in [3.8, 4) is 5.00 Å². The molecule has 6 heteroatoms. The second kappa shape index (κ2) is 7.09. The highest BCUT2D eigenvalue weighted by Gasteiger charge is 2.26. The fourth-order valence-corrected chi connectivity index (χ4v) is 4.74. The van der Waals surface area contributed by atoms with Crippen LogP contribution in [-0.2, 0) is 22.3 Å². The van der Waals surface area contributed by atoms with Gasteiger partial charge in [-0.25, -0.2) is 0 Å². The van der Waals surface area contributed by atoms with Gasteiger partial charge in [0.15, 0.2) is 0 Å². The van der Waals surface area contributed by atoms with Gasteiger partial charge in [-0.05, 0) is 43.4 Å². The second-order valence-corrected chi connectivity index (χ2v) is 7.34. The van der Waals surface area contributed by atoms with Gasteiger partial charge in [-0.2, -0.15) is 0 Å². The first-order valence-corrected chi connectivity index (χ1v) is 9.40. The second-order valence-electron chi connectivity index (χ2n) is 6.26. The average Bonchev–Trinajstić information content (AvgIpc) is 3.27. The number of hydrogen-bond acceptors (Lipinski definition) is 4. The van der Waals surface area contributed by atoms with Gasteiger partial charge in [-0.1, -0.05) is 0 Å². The van der Waals surface area contributed by atoms with Crippen molar-refractivity contribution in [1.82, 2.24) is 9.88 Å². The molecule has 0 bridgehead atoms. The molecule has 1 aliphatic carbocycles. The summed E-state index contributed by atoms with van der Waals surface area (Å²) in [6.45, 7) is 2.28. The summed E-state index contributed by atoms with van der Waals surface area (Å²) < 4.78 is 13.1. The molecule has 2 aromatic heterocycles. The van der Waals surface area contributed by atoms with Crippen LogP contribution in [0.5, 0.6) is 0 Å². The maximum atomic E-state index is 12.9. The van der Waals surface area contributed by atoms with Gasteiger partial charge in [0, 0.05) is 23.8 Å². The van der Waals surface area contributed by atoms with Crippen molar-refractivity contribution >= 4 is 17.2 Å². The molecule has 0 spiro atoms. The molecule has 1 atom stereocenters. The quantitative estimate of drug-likeness (QED) is 0.926. The van der Waals surface area contributed by atoms with Crippen LogP contribution in [0.25, 0.3) is 5.00 Å². The zero-order valence-electron chi connectivity index (χ0n) is 13.6. The van der Waals surface area contributed by atoms with Crippen molar-refractivity contribution in [2.75, 3.05) is 26.4 Å². The summed E-state index contributed by atoms with van der Waals surface area (Å²) in [4.78, 5) is 14.3. The lowest BCUT2D eigenvalue weighted by Gasteiger charge is -2.23. The molecule has 1 aliphatic heterocycles. The van der Waals surface area contributed by atoms with E-state index in [9.17, 15) is 4.79 Å². The maximum Gasteiger partial charge on any atom is 0.254 e. The van der Waals surface area contributed by atoms with Gasteiger partial charge in [0.05, 0.1) is 31.5 Å². The number of amides is 1. The van der Waals surface area contributed by atoms with Crippen molar-refractivity contribution in [2.24, 2.45) is 0 Å². The SMILES string of the molecule is O=C(NCC1COCCO1)c1c(-n2cccc2)sc2c1CCCC2. The van der Waals surface area contributed by atoms with Crippen molar-refractivity contribution < 1.29 is 14.3 Å². The van der Waals surface area contributed by atoms with Gasteiger partial charge in [-0.15, -0.1) is 11.3 Å². The molecule has 1 amide bonds. The number of fused-ring (bicyclic) bond motifs is 1. The summed E-state index contributed by atoms with van der Waals surface area (Å²) in [7, 11) is 0. The lowest BCUT2D eigenvalue weighted by Crippen LogP contribution is -2.40. The van der Waals surface area contributed by atoms with Gasteiger partial charge in [0.25, 0.3) is 5.91 Å². The fraction of sp³-hybridized carbons (Fsp3) is 0.500. The molecule has 3 heterocycles. The Labute approximate surface area is 145 Å². The Morgan fingerprint density at radius 3 is 2.88 bits per heavy atom. The number of carbonyl (C=O) groups is 1. The average molecular weight is 346 g/mol. The first kappa shape index (κ1) is 15.9. The topological polar surface area (TPSA) is 52.5 Å². The third-order valence-electron chi connectivity index (χ3n) is 4.59. The van der Waals surface area contributed by atoms with E-state index in [1.165, 1.54) is 16.9 Å². The molecule has 1 fully saturated rings. The number of aryl methyl sites for hydroxylation is 1. The predicted octanol–water partition coefficient (Wildman–Crippen LogP) is 2.56. The molecule has 1 unspecified atom stereocenters. The van der Waals surface area contributed by atoms with E-state index in [2.05, 4.69) is 9.88 Å². The van der Waals surface area contributed by atoms with E-state index < -0.39 is 0 Å². The smallest absolute Gasteiger partial charge is 0.254 e. The summed E-state index contributed by atoms with van der Waals surface area (Å²) in [5, 5.41) is 4.09. The van der Waals surface area contributed by atoms with Gasteiger partial charge < -0.3 is 19.4 Å². The van der Waals surface area contributed by atoms with E-state index in [4.69, 9.17) is 9.47 Å². The molecule has 1 N–H and O–H groups in total. The molecule has 24 heavy (non-hydrogen) atoms. The van der Waals surface area contributed by atoms with Gasteiger partial charge >= 0.3 is 0 Å². The molecule has 128 valence electrons. The van der Waals surface area contributed by atoms with Crippen LogP contribution in [0.15, 0.2) is 24.5 Å². The summed E-state index contributed by atoms with van der Waals surface area (Å²) in [5.41, 5.74) is 2.09. The first-order valence-electron chi connectivity index (χ1n) is 8.58. The third kappa shape index (κ3) is 3.14. The fourth-order valence-electron chi connectivity index (χ4n) is 3.39. The number of rotatable bonds is 4. The van der Waals surface area contributed by atoms with Crippen molar-refractivity contribution in [2.45, 2.75) is 31.8 Å². The van der Waals surface area contributed by atoms with Crippen LogP contribution >= 0.6 is 11.3 Å². The highest BCUT2D eigenvalue weighted by atomic mass is 32.1. The first-order chi connectivity index (χ1) is 11.8. The van der Waals surface area contributed by atoms with Crippen LogP contribution in [-0.4, -0.2) is 42.9 Å². The van der Waals surface area contributed by atoms with Crippen LogP contribution in [0.2, 0.25) is 0 Å². The Hall–Kier alpha value is -1.63. The molecular formula is C18H22N2O3S.